The van der Waals surface area contributed by atoms with Crippen LogP contribution in [0.3, 0.4) is 0 Å². The monoisotopic (exact) mass is 402 g/mol. The molecule has 2 aromatic heterocycles. The molecule has 0 bridgehead atoms. The molecule has 2 N–H and O–H groups in total. The number of hydrazine groups is 1. The van der Waals surface area contributed by atoms with E-state index in [0.717, 1.165) is 0 Å². The Hall–Kier alpha value is -4.33. The first-order valence-electron chi connectivity index (χ1n) is 8.95. The van der Waals surface area contributed by atoms with E-state index in [1.54, 1.807) is 54.6 Å². The maximum Gasteiger partial charge on any atom is 0.288 e. The van der Waals surface area contributed by atoms with Crippen molar-refractivity contribution >= 4 is 11.8 Å². The summed E-state index contributed by atoms with van der Waals surface area (Å²) >= 11 is 0. The van der Waals surface area contributed by atoms with Gasteiger partial charge in [0.05, 0.1) is 17.3 Å². The van der Waals surface area contributed by atoms with E-state index in [2.05, 4.69) is 20.8 Å². The van der Waals surface area contributed by atoms with E-state index in [4.69, 9.17) is 4.42 Å². The van der Waals surface area contributed by atoms with E-state index >= 15 is 0 Å². The molecule has 0 atom stereocenters. The third kappa shape index (κ3) is 3.93. The summed E-state index contributed by atoms with van der Waals surface area (Å²) in [4.78, 5) is 32.8. The van der Waals surface area contributed by atoms with Gasteiger partial charge in [0.25, 0.3) is 11.8 Å². The van der Waals surface area contributed by atoms with Crippen molar-refractivity contribution in [2.75, 3.05) is 0 Å². The van der Waals surface area contributed by atoms with Gasteiger partial charge in [-0.15, -0.1) is 0 Å². The summed E-state index contributed by atoms with van der Waals surface area (Å²) < 4.78 is 19.7. The highest BCUT2D eigenvalue weighted by atomic mass is 19.1. The number of nitrogens with zero attached hydrogens (tertiary/aromatic N) is 2. The van der Waals surface area contributed by atoms with Gasteiger partial charge in [-0.2, -0.15) is 0 Å². The second kappa shape index (κ2) is 8.36. The Morgan fingerprint density at radius 2 is 1.50 bits per heavy atom. The first kappa shape index (κ1) is 19.0. The van der Waals surface area contributed by atoms with E-state index < -0.39 is 17.6 Å². The number of oxazole rings is 1. The van der Waals surface area contributed by atoms with Gasteiger partial charge >= 0.3 is 0 Å². The Balaban J connectivity index is 1.55. The molecule has 0 aliphatic heterocycles. The number of pyridine rings is 1. The molecule has 0 saturated carbocycles. The molecule has 148 valence electrons. The number of carbonyl (C=O) groups is 2. The van der Waals surface area contributed by atoms with Crippen LogP contribution in [0, 0.1) is 5.82 Å². The Morgan fingerprint density at radius 3 is 2.27 bits per heavy atom. The number of halogens is 1. The van der Waals surface area contributed by atoms with Crippen molar-refractivity contribution < 1.29 is 18.4 Å². The summed E-state index contributed by atoms with van der Waals surface area (Å²) in [6.07, 6.45) is 2.87. The van der Waals surface area contributed by atoms with Gasteiger partial charge in [-0.3, -0.25) is 25.4 Å². The van der Waals surface area contributed by atoms with Crippen LogP contribution < -0.4 is 10.9 Å². The molecule has 0 unspecified atom stereocenters. The number of benzene rings is 2. The highest BCUT2D eigenvalue weighted by Gasteiger charge is 2.18. The molecule has 7 nitrogen and oxygen atoms in total. The second-order valence-corrected chi connectivity index (χ2v) is 6.18. The van der Waals surface area contributed by atoms with Gasteiger partial charge in [0.1, 0.15) is 11.5 Å². The topological polar surface area (TPSA) is 97.1 Å². The lowest BCUT2D eigenvalue weighted by Crippen LogP contribution is -2.42. The van der Waals surface area contributed by atoms with Crippen LogP contribution in [0.4, 0.5) is 4.39 Å². The molecule has 8 heteroatoms. The summed E-state index contributed by atoms with van der Waals surface area (Å²) in [6.45, 7) is 0. The zero-order valence-electron chi connectivity index (χ0n) is 15.5. The number of aromatic nitrogens is 2. The molecule has 0 spiro atoms. The van der Waals surface area contributed by atoms with Crippen molar-refractivity contribution in [2.24, 2.45) is 0 Å². The molecule has 2 heterocycles. The lowest BCUT2D eigenvalue weighted by Gasteiger charge is -2.09. The van der Waals surface area contributed by atoms with Crippen LogP contribution >= 0.6 is 0 Å². The Kier molecular flexibility index (Phi) is 5.29. The van der Waals surface area contributed by atoms with Crippen molar-refractivity contribution in [3.63, 3.8) is 0 Å². The van der Waals surface area contributed by atoms with Gasteiger partial charge in [-0.25, -0.2) is 9.37 Å². The number of rotatable bonds is 4. The summed E-state index contributed by atoms with van der Waals surface area (Å²) in [5.74, 6) is -1.18. The fourth-order valence-corrected chi connectivity index (χ4v) is 2.79. The highest BCUT2D eigenvalue weighted by Crippen LogP contribution is 2.29. The Bertz CT molecular complexity index is 1210. The summed E-state index contributed by atoms with van der Waals surface area (Å²) in [7, 11) is 0. The van der Waals surface area contributed by atoms with E-state index in [-0.39, 0.29) is 28.5 Å². The summed E-state index contributed by atoms with van der Waals surface area (Å²) in [5.41, 5.74) is 5.70. The van der Waals surface area contributed by atoms with Crippen LogP contribution in [0.2, 0.25) is 0 Å². The molecule has 0 fully saturated rings. The molecule has 0 saturated heterocycles. The number of amides is 2. The average Bonchev–Trinajstić information content (AvgIpc) is 3.28. The lowest BCUT2D eigenvalue weighted by atomic mass is 10.1. The minimum absolute atomic E-state index is 0.148. The van der Waals surface area contributed by atoms with Crippen LogP contribution in [-0.4, -0.2) is 21.8 Å². The first-order chi connectivity index (χ1) is 14.6. The predicted octanol–water partition coefficient (Wildman–Crippen LogP) is 3.62. The minimum atomic E-state index is -0.569. The Labute approximate surface area is 170 Å². The van der Waals surface area contributed by atoms with Crippen molar-refractivity contribution in [2.45, 2.75) is 0 Å². The number of hydrogen-bond acceptors (Lipinski definition) is 5. The van der Waals surface area contributed by atoms with Gasteiger partial charge in [0.15, 0.2) is 5.76 Å². The third-order valence-corrected chi connectivity index (χ3v) is 4.23. The zero-order valence-corrected chi connectivity index (χ0v) is 15.5. The molecule has 30 heavy (non-hydrogen) atoms. The number of hydrogen-bond donors (Lipinski definition) is 2. The molecule has 4 rings (SSSR count). The van der Waals surface area contributed by atoms with Crippen molar-refractivity contribution in [1.29, 1.82) is 0 Å². The quantitative estimate of drug-likeness (QED) is 0.508. The van der Waals surface area contributed by atoms with Crippen molar-refractivity contribution in [1.82, 2.24) is 20.8 Å². The highest BCUT2D eigenvalue weighted by molar-refractivity contribution is 6.02. The maximum absolute atomic E-state index is 14.0. The fraction of sp³-hybridized carbons (Fsp3) is 0. The fourth-order valence-electron chi connectivity index (χ4n) is 2.79. The lowest BCUT2D eigenvalue weighted by molar-refractivity contribution is 0.0844. The first-order valence-corrected chi connectivity index (χ1v) is 8.95. The smallest absolute Gasteiger partial charge is 0.288 e. The predicted molar refractivity (Wildman–Crippen MR) is 107 cm³/mol. The molecule has 2 aromatic carbocycles. The molecule has 0 aliphatic rings. The van der Waals surface area contributed by atoms with Gasteiger partial charge in [0, 0.05) is 11.8 Å². The van der Waals surface area contributed by atoms with Crippen molar-refractivity contribution in [3.8, 4) is 22.8 Å². The molecular weight excluding hydrogens is 387 g/mol. The van der Waals surface area contributed by atoms with Crippen LogP contribution in [0.15, 0.2) is 83.5 Å². The van der Waals surface area contributed by atoms with E-state index in [0.29, 0.717) is 5.56 Å². The second-order valence-electron chi connectivity index (χ2n) is 6.18. The van der Waals surface area contributed by atoms with E-state index in [9.17, 15) is 14.0 Å². The molecule has 0 radical (unpaired) electrons. The number of nitrogens with one attached hydrogen (secondary N) is 2. The van der Waals surface area contributed by atoms with E-state index in [1.165, 1.54) is 24.5 Å². The summed E-state index contributed by atoms with van der Waals surface area (Å²) in [5, 5.41) is 0. The Morgan fingerprint density at radius 1 is 0.800 bits per heavy atom. The van der Waals surface area contributed by atoms with Gasteiger partial charge in [-0.05, 0) is 36.4 Å². The van der Waals surface area contributed by atoms with Gasteiger partial charge in [-0.1, -0.05) is 30.3 Å². The number of carbonyl (C=O) groups excluding carboxylic acids is 2. The molecule has 4 aromatic rings. The minimum Gasteiger partial charge on any atom is -0.436 e. The molecular formula is C22H15FN4O3. The summed E-state index contributed by atoms with van der Waals surface area (Å²) in [6, 6.07) is 17.6. The van der Waals surface area contributed by atoms with E-state index in [1.807, 2.05) is 0 Å². The van der Waals surface area contributed by atoms with Crippen molar-refractivity contribution in [3.05, 3.63) is 96.2 Å². The standard InChI is InChI=1S/C22H15FN4O3/c23-17-10-4-3-9-16(17)19-13-25-22(30-19)15-8-2-1-7-14(15)20(28)26-27-21(29)18-11-5-6-12-24-18/h1-13H,(H,26,28)(H,27,29). The van der Waals surface area contributed by atoms with Crippen LogP contribution in [0.5, 0.6) is 0 Å². The molecule has 0 aliphatic carbocycles. The maximum atomic E-state index is 14.0. The zero-order chi connectivity index (χ0) is 20.9. The van der Waals surface area contributed by atoms with Gasteiger partial charge < -0.3 is 4.42 Å². The van der Waals surface area contributed by atoms with Crippen LogP contribution in [0.25, 0.3) is 22.8 Å². The SMILES string of the molecule is O=C(NNC(=O)c1ccccc1-c1ncc(-c2ccccc2F)o1)c1ccccn1. The third-order valence-electron chi connectivity index (χ3n) is 4.23. The van der Waals surface area contributed by atoms with Gasteiger partial charge in [0.2, 0.25) is 5.89 Å². The normalized spacial score (nSPS) is 10.4. The average molecular weight is 402 g/mol. The van der Waals surface area contributed by atoms with Crippen LogP contribution in [-0.2, 0) is 0 Å². The van der Waals surface area contributed by atoms with Crippen LogP contribution in [0.1, 0.15) is 20.8 Å². The largest absolute Gasteiger partial charge is 0.436 e. The molecule has 2 amide bonds.